The summed E-state index contributed by atoms with van der Waals surface area (Å²) in [6, 6.07) is 59.3. The van der Waals surface area contributed by atoms with Crippen molar-refractivity contribution in [3.8, 4) is 51.0 Å². The molecule has 0 N–H and O–H groups in total. The van der Waals surface area contributed by atoms with E-state index < -0.39 is 0 Å². The second kappa shape index (κ2) is 11.2. The average molecular weight is 601 g/mol. The average Bonchev–Trinajstić information content (AvgIpc) is 3.49. The van der Waals surface area contributed by atoms with Gasteiger partial charge in [0.2, 0.25) is 0 Å². The molecule has 0 aliphatic carbocycles. The van der Waals surface area contributed by atoms with Gasteiger partial charge in [0.25, 0.3) is 0 Å². The number of fused-ring (bicyclic) bond motifs is 4. The summed E-state index contributed by atoms with van der Waals surface area (Å²) in [5, 5.41) is 4.93. The third-order valence-electron chi connectivity index (χ3n) is 8.84. The van der Waals surface area contributed by atoms with Crippen molar-refractivity contribution in [1.29, 1.82) is 0 Å². The van der Waals surface area contributed by atoms with Crippen molar-refractivity contribution in [3.63, 3.8) is 0 Å². The molecule has 2 aromatic heterocycles. The van der Waals surface area contributed by atoms with Gasteiger partial charge in [-0.25, -0.2) is 15.0 Å². The molecule has 0 aliphatic rings. The van der Waals surface area contributed by atoms with Gasteiger partial charge in [-0.2, -0.15) is 0 Å². The molecule has 0 amide bonds. The predicted molar refractivity (Wildman–Crippen MR) is 193 cm³/mol. The molecule has 0 aliphatic heterocycles. The van der Waals surface area contributed by atoms with Gasteiger partial charge in [-0.3, -0.25) is 0 Å². The molecule has 0 atom stereocenters. The van der Waals surface area contributed by atoms with E-state index >= 15 is 0 Å². The molecule has 0 unspecified atom stereocenters. The summed E-state index contributed by atoms with van der Waals surface area (Å²) in [6.07, 6.45) is 0. The standard InChI is InChI=1S/C43H28N4/c1-2-12-31(13-3-1)41-44-42(32-24-21-30(22-25-32)34-26-23-29-11-4-5-14-33(29)27-34)46-43(45-41)35-15-10-16-36(28-35)47-39-19-8-6-17-37(39)38-18-7-9-20-40(38)47/h1-28H. The fourth-order valence-corrected chi connectivity index (χ4v) is 6.52. The first-order valence-corrected chi connectivity index (χ1v) is 15.8. The van der Waals surface area contributed by atoms with E-state index in [-0.39, 0.29) is 0 Å². The van der Waals surface area contributed by atoms with Crippen molar-refractivity contribution in [2.75, 3.05) is 0 Å². The van der Waals surface area contributed by atoms with E-state index in [0.717, 1.165) is 27.9 Å². The van der Waals surface area contributed by atoms with Crippen molar-refractivity contribution in [2.24, 2.45) is 0 Å². The van der Waals surface area contributed by atoms with Gasteiger partial charge in [0, 0.05) is 33.2 Å². The SMILES string of the molecule is c1ccc(-c2nc(-c3ccc(-c4ccc5ccccc5c4)cc3)nc(-c3cccc(-n4c5ccccc5c5ccccc54)c3)n2)cc1. The van der Waals surface area contributed by atoms with Crippen molar-refractivity contribution in [3.05, 3.63) is 170 Å². The van der Waals surface area contributed by atoms with Crippen LogP contribution in [0.4, 0.5) is 0 Å². The third-order valence-corrected chi connectivity index (χ3v) is 8.84. The van der Waals surface area contributed by atoms with Gasteiger partial charge in [-0.05, 0) is 52.2 Å². The molecule has 2 heterocycles. The molecule has 0 spiro atoms. The van der Waals surface area contributed by atoms with Crippen LogP contribution in [0.3, 0.4) is 0 Å². The van der Waals surface area contributed by atoms with Gasteiger partial charge < -0.3 is 4.57 Å². The van der Waals surface area contributed by atoms with Gasteiger partial charge in [-0.15, -0.1) is 0 Å². The zero-order valence-electron chi connectivity index (χ0n) is 25.5. The first-order chi connectivity index (χ1) is 23.3. The number of aromatic nitrogens is 4. The zero-order chi connectivity index (χ0) is 31.2. The lowest BCUT2D eigenvalue weighted by Crippen LogP contribution is -2.01. The molecule has 0 bridgehead atoms. The number of nitrogens with zero attached hydrogens (tertiary/aromatic N) is 4. The van der Waals surface area contributed by atoms with Crippen LogP contribution in [-0.2, 0) is 0 Å². The minimum absolute atomic E-state index is 0.634. The second-order valence-electron chi connectivity index (χ2n) is 11.7. The molecule has 220 valence electrons. The Labute approximate surface area is 272 Å². The van der Waals surface area contributed by atoms with Crippen molar-refractivity contribution < 1.29 is 0 Å². The van der Waals surface area contributed by atoms with Crippen LogP contribution < -0.4 is 0 Å². The van der Waals surface area contributed by atoms with Crippen molar-refractivity contribution >= 4 is 32.6 Å². The number of benzene rings is 7. The molecule has 0 saturated carbocycles. The number of rotatable bonds is 5. The van der Waals surface area contributed by atoms with Crippen molar-refractivity contribution in [2.45, 2.75) is 0 Å². The largest absolute Gasteiger partial charge is 0.309 e. The first kappa shape index (κ1) is 27.0. The summed E-state index contributed by atoms with van der Waals surface area (Å²) in [6.45, 7) is 0. The molecule has 7 aromatic carbocycles. The van der Waals surface area contributed by atoms with Gasteiger partial charge >= 0.3 is 0 Å². The highest BCUT2D eigenvalue weighted by molar-refractivity contribution is 6.09. The molecular weight excluding hydrogens is 573 g/mol. The van der Waals surface area contributed by atoms with Crippen molar-refractivity contribution in [1.82, 2.24) is 19.5 Å². The summed E-state index contributed by atoms with van der Waals surface area (Å²) in [4.78, 5) is 15.0. The van der Waals surface area contributed by atoms with Crippen LogP contribution in [0.2, 0.25) is 0 Å². The molecule has 0 saturated heterocycles. The number of hydrogen-bond acceptors (Lipinski definition) is 3. The van der Waals surface area contributed by atoms with E-state index in [2.05, 4.69) is 144 Å². The Hall–Kier alpha value is -6.39. The van der Waals surface area contributed by atoms with E-state index in [9.17, 15) is 0 Å². The Morgan fingerprint density at radius 1 is 0.319 bits per heavy atom. The normalized spacial score (nSPS) is 11.4. The summed E-state index contributed by atoms with van der Waals surface area (Å²) < 4.78 is 2.32. The minimum Gasteiger partial charge on any atom is -0.309 e. The fourth-order valence-electron chi connectivity index (χ4n) is 6.52. The maximum Gasteiger partial charge on any atom is 0.164 e. The second-order valence-corrected chi connectivity index (χ2v) is 11.7. The Morgan fingerprint density at radius 3 is 1.53 bits per heavy atom. The number of hydrogen-bond donors (Lipinski definition) is 0. The van der Waals surface area contributed by atoms with E-state index in [1.54, 1.807) is 0 Å². The monoisotopic (exact) mass is 600 g/mol. The molecule has 4 heteroatoms. The molecule has 4 nitrogen and oxygen atoms in total. The third kappa shape index (κ3) is 4.84. The van der Waals surface area contributed by atoms with E-state index in [1.165, 1.54) is 38.1 Å². The number of para-hydroxylation sites is 2. The minimum atomic E-state index is 0.634. The van der Waals surface area contributed by atoms with E-state index in [0.29, 0.717) is 17.5 Å². The first-order valence-electron chi connectivity index (χ1n) is 15.8. The maximum absolute atomic E-state index is 5.06. The highest BCUT2D eigenvalue weighted by atomic mass is 15.0. The van der Waals surface area contributed by atoms with Crippen LogP contribution in [0.15, 0.2) is 170 Å². The Kier molecular flexibility index (Phi) is 6.43. The molecule has 47 heavy (non-hydrogen) atoms. The van der Waals surface area contributed by atoms with Gasteiger partial charge in [0.1, 0.15) is 0 Å². The van der Waals surface area contributed by atoms with E-state index in [4.69, 9.17) is 15.0 Å². The predicted octanol–water partition coefficient (Wildman–Crippen LogP) is 10.8. The lowest BCUT2D eigenvalue weighted by molar-refractivity contribution is 1.07. The molecule has 0 fully saturated rings. The Balaban J connectivity index is 1.16. The lowest BCUT2D eigenvalue weighted by Gasteiger charge is -2.12. The Morgan fingerprint density at radius 2 is 0.830 bits per heavy atom. The van der Waals surface area contributed by atoms with Crippen LogP contribution in [0.1, 0.15) is 0 Å². The molecule has 0 radical (unpaired) electrons. The summed E-state index contributed by atoms with van der Waals surface area (Å²) in [5.74, 6) is 1.92. The molecular formula is C43H28N4. The van der Waals surface area contributed by atoms with Crippen LogP contribution >= 0.6 is 0 Å². The van der Waals surface area contributed by atoms with E-state index in [1.807, 2.05) is 30.3 Å². The topological polar surface area (TPSA) is 43.6 Å². The smallest absolute Gasteiger partial charge is 0.164 e. The van der Waals surface area contributed by atoms with Gasteiger partial charge in [0.05, 0.1) is 11.0 Å². The van der Waals surface area contributed by atoms with Crippen LogP contribution in [0, 0.1) is 0 Å². The van der Waals surface area contributed by atoms with Crippen LogP contribution in [0.5, 0.6) is 0 Å². The fraction of sp³-hybridized carbons (Fsp3) is 0. The summed E-state index contributed by atoms with van der Waals surface area (Å²) in [5.41, 5.74) is 8.53. The quantitative estimate of drug-likeness (QED) is 0.197. The van der Waals surface area contributed by atoms with Gasteiger partial charge in [0.15, 0.2) is 17.5 Å². The molecule has 9 aromatic rings. The zero-order valence-corrected chi connectivity index (χ0v) is 25.5. The van der Waals surface area contributed by atoms with Crippen LogP contribution in [-0.4, -0.2) is 19.5 Å². The van der Waals surface area contributed by atoms with Gasteiger partial charge in [-0.1, -0.05) is 140 Å². The Bertz CT molecular complexity index is 2510. The van der Waals surface area contributed by atoms with Crippen LogP contribution in [0.25, 0.3) is 83.6 Å². The highest BCUT2D eigenvalue weighted by Crippen LogP contribution is 2.34. The maximum atomic E-state index is 5.06. The summed E-state index contributed by atoms with van der Waals surface area (Å²) >= 11 is 0. The summed E-state index contributed by atoms with van der Waals surface area (Å²) in [7, 11) is 0. The highest BCUT2D eigenvalue weighted by Gasteiger charge is 2.15. The molecule has 9 rings (SSSR count). The lowest BCUT2D eigenvalue weighted by atomic mass is 10.00.